The number of carboxylic acid groups (broad SMARTS) is 1. The Bertz CT molecular complexity index is 468. The minimum absolute atomic E-state index is 0.0517. The molecule has 1 aromatic heterocycles. The van der Waals surface area contributed by atoms with Crippen molar-refractivity contribution in [2.45, 2.75) is 18.9 Å². The molecule has 1 aliphatic heterocycles. The number of thiophene rings is 1. The molecule has 1 N–H and O–H groups in total. The number of nitrogens with zero attached hydrogens (tertiary/aromatic N) is 1. The monoisotopic (exact) mass is 395 g/mol. The van der Waals surface area contributed by atoms with Crippen LogP contribution >= 0.6 is 33.9 Å². The van der Waals surface area contributed by atoms with Gasteiger partial charge in [-0.1, -0.05) is 0 Å². The van der Waals surface area contributed by atoms with Crippen molar-refractivity contribution in [2.75, 3.05) is 19.7 Å². The maximum atomic E-state index is 12.2. The van der Waals surface area contributed by atoms with Crippen LogP contribution in [-0.2, 0) is 9.53 Å². The zero-order valence-corrected chi connectivity index (χ0v) is 13.1. The first-order valence-electron chi connectivity index (χ1n) is 5.93. The molecule has 0 saturated carbocycles. The highest BCUT2D eigenvalue weighted by atomic mass is 127. The van der Waals surface area contributed by atoms with Gasteiger partial charge in [0.15, 0.2) is 0 Å². The smallest absolute Gasteiger partial charge is 0.329 e. The van der Waals surface area contributed by atoms with Crippen LogP contribution in [0.1, 0.15) is 23.2 Å². The molecule has 1 saturated heterocycles. The van der Waals surface area contributed by atoms with Gasteiger partial charge in [0.2, 0.25) is 0 Å². The largest absolute Gasteiger partial charge is 0.480 e. The fourth-order valence-corrected chi connectivity index (χ4v) is 3.34. The van der Waals surface area contributed by atoms with Crippen molar-refractivity contribution in [1.29, 1.82) is 0 Å². The van der Waals surface area contributed by atoms with Gasteiger partial charge in [-0.3, -0.25) is 4.79 Å². The van der Waals surface area contributed by atoms with Gasteiger partial charge in [0.1, 0.15) is 6.61 Å². The summed E-state index contributed by atoms with van der Waals surface area (Å²) < 4.78 is 6.34. The number of carboxylic acids is 1. The van der Waals surface area contributed by atoms with Crippen LogP contribution in [-0.4, -0.2) is 47.7 Å². The number of carbonyl (C=O) groups is 2. The standard InChI is InChI=1S/C12H14INO4S/c13-10-5-8(7-19-10)12(17)14-3-1-9(2-4-14)18-6-11(15)16/h5,7,9H,1-4,6H2,(H,15,16). The number of hydrogen-bond acceptors (Lipinski definition) is 4. The number of hydrogen-bond donors (Lipinski definition) is 1. The van der Waals surface area contributed by atoms with Crippen LogP contribution in [0.25, 0.3) is 0 Å². The fraction of sp³-hybridized carbons (Fsp3) is 0.500. The molecular formula is C12H14INO4S. The minimum atomic E-state index is -0.952. The molecule has 1 amide bonds. The zero-order valence-electron chi connectivity index (χ0n) is 10.2. The molecule has 0 aliphatic carbocycles. The highest BCUT2D eigenvalue weighted by Crippen LogP contribution is 2.21. The zero-order chi connectivity index (χ0) is 13.8. The van der Waals surface area contributed by atoms with Crippen LogP contribution in [0.4, 0.5) is 0 Å². The lowest BCUT2D eigenvalue weighted by Gasteiger charge is -2.31. The Kier molecular flexibility index (Phi) is 5.17. The van der Waals surface area contributed by atoms with Gasteiger partial charge in [-0.2, -0.15) is 0 Å². The molecular weight excluding hydrogens is 381 g/mol. The summed E-state index contributed by atoms with van der Waals surface area (Å²) in [7, 11) is 0. The van der Waals surface area contributed by atoms with Gasteiger partial charge >= 0.3 is 5.97 Å². The maximum Gasteiger partial charge on any atom is 0.329 e. The molecule has 1 aliphatic rings. The molecule has 7 heteroatoms. The van der Waals surface area contributed by atoms with Gasteiger partial charge in [-0.25, -0.2) is 4.79 Å². The second kappa shape index (κ2) is 6.67. The third kappa shape index (κ3) is 4.15. The number of piperidine rings is 1. The normalized spacial score (nSPS) is 16.6. The second-order valence-electron chi connectivity index (χ2n) is 4.34. The van der Waals surface area contributed by atoms with E-state index in [-0.39, 0.29) is 18.6 Å². The van der Waals surface area contributed by atoms with E-state index in [2.05, 4.69) is 22.6 Å². The Balaban J connectivity index is 1.83. The summed E-state index contributed by atoms with van der Waals surface area (Å²) in [6.45, 7) is 0.979. The molecule has 0 radical (unpaired) electrons. The van der Waals surface area contributed by atoms with Crippen LogP contribution in [0.3, 0.4) is 0 Å². The minimum Gasteiger partial charge on any atom is -0.480 e. The number of ether oxygens (including phenoxy) is 1. The number of amides is 1. The lowest BCUT2D eigenvalue weighted by Crippen LogP contribution is -2.41. The van der Waals surface area contributed by atoms with Gasteiger partial charge in [-0.05, 0) is 41.5 Å². The van der Waals surface area contributed by atoms with Crippen LogP contribution in [0.15, 0.2) is 11.4 Å². The molecule has 1 fully saturated rings. The Hall–Kier alpha value is -0.670. The van der Waals surface area contributed by atoms with Gasteiger partial charge in [0, 0.05) is 18.5 Å². The molecule has 0 unspecified atom stereocenters. The highest BCUT2D eigenvalue weighted by Gasteiger charge is 2.24. The quantitative estimate of drug-likeness (QED) is 0.793. The van der Waals surface area contributed by atoms with E-state index in [0.717, 1.165) is 8.45 Å². The molecule has 104 valence electrons. The summed E-state index contributed by atoms with van der Waals surface area (Å²) in [6.07, 6.45) is 1.34. The maximum absolute atomic E-state index is 12.2. The number of likely N-dealkylation sites (tertiary alicyclic amines) is 1. The number of halogens is 1. The van der Waals surface area contributed by atoms with E-state index >= 15 is 0 Å². The molecule has 19 heavy (non-hydrogen) atoms. The average molecular weight is 395 g/mol. The van der Waals surface area contributed by atoms with Crippen LogP contribution in [0.5, 0.6) is 0 Å². The van der Waals surface area contributed by atoms with Gasteiger partial charge in [0.25, 0.3) is 5.91 Å². The summed E-state index contributed by atoms with van der Waals surface area (Å²) in [4.78, 5) is 24.4. The molecule has 1 aromatic rings. The van der Waals surface area contributed by atoms with E-state index in [9.17, 15) is 9.59 Å². The summed E-state index contributed by atoms with van der Waals surface area (Å²) >= 11 is 3.76. The average Bonchev–Trinajstić information content (AvgIpc) is 2.83. The van der Waals surface area contributed by atoms with E-state index in [4.69, 9.17) is 9.84 Å². The van der Waals surface area contributed by atoms with E-state index < -0.39 is 5.97 Å². The van der Waals surface area contributed by atoms with E-state index in [1.165, 1.54) is 0 Å². The van der Waals surface area contributed by atoms with Crippen molar-refractivity contribution >= 4 is 45.8 Å². The third-order valence-electron chi connectivity index (χ3n) is 2.99. The van der Waals surface area contributed by atoms with Crippen molar-refractivity contribution in [3.63, 3.8) is 0 Å². The van der Waals surface area contributed by atoms with Crippen molar-refractivity contribution in [3.8, 4) is 0 Å². The fourth-order valence-electron chi connectivity index (χ4n) is 2.02. The topological polar surface area (TPSA) is 66.8 Å². The van der Waals surface area contributed by atoms with E-state index in [0.29, 0.717) is 25.9 Å². The SMILES string of the molecule is O=C(O)COC1CCN(C(=O)c2csc(I)c2)CC1. The van der Waals surface area contributed by atoms with E-state index in [1.54, 1.807) is 16.2 Å². The third-order valence-corrected chi connectivity index (χ3v) is 4.78. The summed E-state index contributed by atoms with van der Waals surface area (Å²) in [5.41, 5.74) is 0.735. The number of rotatable bonds is 4. The Morgan fingerprint density at radius 3 is 2.68 bits per heavy atom. The first-order chi connectivity index (χ1) is 9.06. The van der Waals surface area contributed by atoms with Crippen LogP contribution < -0.4 is 0 Å². The molecule has 0 spiro atoms. The Morgan fingerprint density at radius 1 is 1.47 bits per heavy atom. The van der Waals surface area contributed by atoms with Crippen molar-refractivity contribution < 1.29 is 19.4 Å². The molecule has 2 heterocycles. The molecule has 0 aromatic carbocycles. The van der Waals surface area contributed by atoms with Crippen LogP contribution in [0.2, 0.25) is 0 Å². The summed E-state index contributed by atoms with van der Waals surface area (Å²) in [5, 5.41) is 10.4. The number of carbonyl (C=O) groups excluding carboxylic acids is 1. The second-order valence-corrected chi connectivity index (χ2v) is 7.14. The number of aliphatic carboxylic acids is 1. The predicted octanol–water partition coefficient (Wildman–Crippen LogP) is 2.06. The van der Waals surface area contributed by atoms with Crippen molar-refractivity contribution in [3.05, 3.63) is 19.9 Å². The first kappa shape index (κ1) is 14.7. The Labute approximate surface area is 128 Å². The molecule has 0 bridgehead atoms. The lowest BCUT2D eigenvalue weighted by molar-refractivity contribution is -0.145. The van der Waals surface area contributed by atoms with Crippen molar-refractivity contribution in [1.82, 2.24) is 4.90 Å². The molecule has 5 nitrogen and oxygen atoms in total. The van der Waals surface area contributed by atoms with Crippen LogP contribution in [0, 0.1) is 2.88 Å². The van der Waals surface area contributed by atoms with E-state index in [1.807, 2.05) is 11.4 Å². The van der Waals surface area contributed by atoms with Crippen molar-refractivity contribution in [2.24, 2.45) is 0 Å². The summed E-state index contributed by atoms with van der Waals surface area (Å²) in [5.74, 6) is -0.901. The van der Waals surface area contributed by atoms with Gasteiger partial charge in [0.05, 0.1) is 14.6 Å². The predicted molar refractivity (Wildman–Crippen MR) is 79.5 cm³/mol. The molecule has 0 atom stereocenters. The lowest BCUT2D eigenvalue weighted by atomic mass is 10.1. The first-order valence-corrected chi connectivity index (χ1v) is 7.89. The highest BCUT2D eigenvalue weighted by molar-refractivity contribution is 14.1. The summed E-state index contributed by atoms with van der Waals surface area (Å²) in [6, 6.07) is 1.89. The van der Waals surface area contributed by atoms with Gasteiger partial charge < -0.3 is 14.7 Å². The molecule has 2 rings (SSSR count). The Morgan fingerprint density at radius 2 is 2.16 bits per heavy atom. The van der Waals surface area contributed by atoms with Gasteiger partial charge in [-0.15, -0.1) is 11.3 Å².